The lowest BCUT2D eigenvalue weighted by Crippen LogP contribution is -2.06. The molecule has 1 unspecified atom stereocenters. The number of hydrogen-bond acceptors (Lipinski definition) is 2. The van der Waals surface area contributed by atoms with Gasteiger partial charge in [-0.25, -0.2) is 9.37 Å². The van der Waals surface area contributed by atoms with Crippen LogP contribution in [0.15, 0.2) is 61.3 Å². The summed E-state index contributed by atoms with van der Waals surface area (Å²) in [5.41, 5.74) is 2.90. The lowest BCUT2D eigenvalue weighted by atomic mass is 10.1. The third-order valence-corrected chi connectivity index (χ3v) is 3.36. The molecular formula is C16H15ClFN3. The molecule has 2 heterocycles. The minimum Gasteiger partial charge on any atom is -0.329 e. The Labute approximate surface area is 128 Å². The molecule has 108 valence electrons. The largest absolute Gasteiger partial charge is 0.329 e. The highest BCUT2D eigenvalue weighted by atomic mass is 35.5. The summed E-state index contributed by atoms with van der Waals surface area (Å²) in [4.78, 5) is 8.53. The second-order valence-corrected chi connectivity index (χ2v) is 4.66. The van der Waals surface area contributed by atoms with Crippen molar-refractivity contribution in [2.24, 2.45) is 0 Å². The number of halogens is 2. The molecule has 2 aromatic heterocycles. The first-order chi connectivity index (χ1) is 9.74. The molecule has 5 heteroatoms. The Morgan fingerprint density at radius 3 is 2.33 bits per heavy atom. The lowest BCUT2D eigenvalue weighted by Gasteiger charge is -2.12. The highest BCUT2D eigenvalue weighted by Gasteiger charge is 2.08. The first-order valence-corrected chi connectivity index (χ1v) is 6.43. The van der Waals surface area contributed by atoms with E-state index in [0.29, 0.717) is 0 Å². The zero-order valence-corrected chi connectivity index (χ0v) is 12.3. The van der Waals surface area contributed by atoms with Gasteiger partial charge in [0.05, 0.1) is 18.1 Å². The van der Waals surface area contributed by atoms with Gasteiger partial charge in [0.1, 0.15) is 5.82 Å². The van der Waals surface area contributed by atoms with Crippen molar-refractivity contribution in [1.82, 2.24) is 14.5 Å². The highest BCUT2D eigenvalue weighted by molar-refractivity contribution is 5.85. The Morgan fingerprint density at radius 2 is 1.76 bits per heavy atom. The molecule has 3 rings (SSSR count). The van der Waals surface area contributed by atoms with E-state index in [9.17, 15) is 4.39 Å². The van der Waals surface area contributed by atoms with Crippen molar-refractivity contribution in [3.63, 3.8) is 0 Å². The molecule has 0 amide bonds. The average molecular weight is 304 g/mol. The zero-order chi connectivity index (χ0) is 13.9. The van der Waals surface area contributed by atoms with Gasteiger partial charge in [0, 0.05) is 24.2 Å². The Kier molecular flexibility index (Phi) is 4.70. The third-order valence-electron chi connectivity index (χ3n) is 3.36. The standard InChI is InChI=1S/C16H14FN3.ClH/c1-12(20-9-8-18-11-20)16-7-4-14(10-19-16)13-2-5-15(17)6-3-13;/h2-12H,1H3;1H. The predicted molar refractivity (Wildman–Crippen MR) is 82.9 cm³/mol. The highest BCUT2D eigenvalue weighted by Crippen LogP contribution is 2.21. The minimum atomic E-state index is -0.230. The molecule has 0 saturated heterocycles. The van der Waals surface area contributed by atoms with Gasteiger partial charge in [0.25, 0.3) is 0 Å². The van der Waals surface area contributed by atoms with Gasteiger partial charge in [-0.15, -0.1) is 12.4 Å². The van der Waals surface area contributed by atoms with Gasteiger partial charge < -0.3 is 4.57 Å². The van der Waals surface area contributed by atoms with Crippen molar-refractivity contribution < 1.29 is 4.39 Å². The van der Waals surface area contributed by atoms with Gasteiger partial charge in [-0.2, -0.15) is 0 Å². The molecule has 0 fully saturated rings. The molecular weight excluding hydrogens is 289 g/mol. The summed E-state index contributed by atoms with van der Waals surface area (Å²) in [5.74, 6) is -0.230. The molecule has 21 heavy (non-hydrogen) atoms. The summed E-state index contributed by atoms with van der Waals surface area (Å²) in [7, 11) is 0. The molecule has 3 aromatic rings. The van der Waals surface area contributed by atoms with Crippen molar-refractivity contribution in [3.05, 3.63) is 72.8 Å². The summed E-state index contributed by atoms with van der Waals surface area (Å²) in [6, 6.07) is 10.6. The number of nitrogens with zero attached hydrogens (tertiary/aromatic N) is 3. The fourth-order valence-corrected chi connectivity index (χ4v) is 2.12. The molecule has 0 bridgehead atoms. The molecule has 0 aliphatic heterocycles. The molecule has 3 nitrogen and oxygen atoms in total. The molecule has 0 N–H and O–H groups in total. The Bertz CT molecular complexity index is 679. The van der Waals surface area contributed by atoms with E-state index >= 15 is 0 Å². The van der Waals surface area contributed by atoms with Crippen LogP contribution in [0, 0.1) is 5.82 Å². The van der Waals surface area contributed by atoms with E-state index in [0.717, 1.165) is 16.8 Å². The molecule has 1 aromatic carbocycles. The van der Waals surface area contributed by atoms with Crippen LogP contribution in [0.2, 0.25) is 0 Å². The van der Waals surface area contributed by atoms with Crippen molar-refractivity contribution in [2.75, 3.05) is 0 Å². The van der Waals surface area contributed by atoms with Gasteiger partial charge in [-0.3, -0.25) is 4.98 Å². The summed E-state index contributed by atoms with van der Waals surface area (Å²) in [6.45, 7) is 2.07. The number of hydrogen-bond donors (Lipinski definition) is 0. The van der Waals surface area contributed by atoms with Crippen molar-refractivity contribution in [1.29, 1.82) is 0 Å². The van der Waals surface area contributed by atoms with Crippen LogP contribution in [0.3, 0.4) is 0 Å². The second-order valence-electron chi connectivity index (χ2n) is 4.66. The normalized spacial score (nSPS) is 11.7. The number of aromatic nitrogens is 3. The Balaban J connectivity index is 0.00000161. The summed E-state index contributed by atoms with van der Waals surface area (Å²) in [6.07, 6.45) is 7.26. The molecule has 0 spiro atoms. The summed E-state index contributed by atoms with van der Waals surface area (Å²) in [5, 5.41) is 0. The van der Waals surface area contributed by atoms with Gasteiger partial charge in [-0.05, 0) is 30.7 Å². The number of rotatable bonds is 3. The second kappa shape index (κ2) is 6.50. The Morgan fingerprint density at radius 1 is 1.05 bits per heavy atom. The van der Waals surface area contributed by atoms with E-state index in [1.165, 1.54) is 12.1 Å². The maximum Gasteiger partial charge on any atom is 0.123 e. The van der Waals surface area contributed by atoms with Gasteiger partial charge in [0.2, 0.25) is 0 Å². The third kappa shape index (κ3) is 3.28. The summed E-state index contributed by atoms with van der Waals surface area (Å²) < 4.78 is 14.9. The van der Waals surface area contributed by atoms with Gasteiger partial charge in [-0.1, -0.05) is 18.2 Å². The van der Waals surface area contributed by atoms with E-state index in [2.05, 4.69) is 16.9 Å². The van der Waals surface area contributed by atoms with Crippen molar-refractivity contribution in [2.45, 2.75) is 13.0 Å². The van der Waals surface area contributed by atoms with Crippen LogP contribution >= 0.6 is 12.4 Å². The lowest BCUT2D eigenvalue weighted by molar-refractivity contribution is 0.620. The minimum absolute atomic E-state index is 0. The molecule has 0 aliphatic rings. The average Bonchev–Trinajstić information content (AvgIpc) is 3.02. The van der Waals surface area contributed by atoms with Crippen LogP contribution in [-0.4, -0.2) is 14.5 Å². The van der Waals surface area contributed by atoms with E-state index in [1.807, 2.05) is 29.1 Å². The molecule has 0 aliphatic carbocycles. The Hall–Kier alpha value is -2.20. The number of benzene rings is 1. The monoisotopic (exact) mass is 303 g/mol. The van der Waals surface area contributed by atoms with Gasteiger partial charge in [0.15, 0.2) is 0 Å². The number of pyridine rings is 1. The first kappa shape index (κ1) is 15.2. The first-order valence-electron chi connectivity index (χ1n) is 6.43. The smallest absolute Gasteiger partial charge is 0.123 e. The van der Waals surface area contributed by atoms with Crippen molar-refractivity contribution >= 4 is 12.4 Å². The molecule has 0 radical (unpaired) electrons. The van der Waals surface area contributed by atoms with Gasteiger partial charge >= 0.3 is 0 Å². The van der Waals surface area contributed by atoms with E-state index < -0.39 is 0 Å². The maximum atomic E-state index is 12.9. The SMILES string of the molecule is CC(c1ccc(-c2ccc(F)cc2)cn1)n1ccnc1.Cl. The van der Waals surface area contributed by atoms with Crippen LogP contribution in [-0.2, 0) is 0 Å². The number of imidazole rings is 1. The quantitative estimate of drug-likeness (QED) is 0.729. The van der Waals surface area contributed by atoms with Crippen LogP contribution in [0.1, 0.15) is 18.7 Å². The van der Waals surface area contributed by atoms with E-state index in [-0.39, 0.29) is 24.3 Å². The van der Waals surface area contributed by atoms with Crippen LogP contribution < -0.4 is 0 Å². The topological polar surface area (TPSA) is 30.7 Å². The molecule has 1 atom stereocenters. The molecule has 0 saturated carbocycles. The van der Waals surface area contributed by atoms with E-state index in [4.69, 9.17) is 0 Å². The van der Waals surface area contributed by atoms with Crippen molar-refractivity contribution in [3.8, 4) is 11.1 Å². The van der Waals surface area contributed by atoms with Crippen LogP contribution in [0.4, 0.5) is 4.39 Å². The fourth-order valence-electron chi connectivity index (χ4n) is 2.12. The van der Waals surface area contributed by atoms with E-state index in [1.54, 1.807) is 24.7 Å². The predicted octanol–water partition coefficient (Wildman–Crippen LogP) is 4.12. The maximum absolute atomic E-state index is 12.9. The summed E-state index contributed by atoms with van der Waals surface area (Å²) >= 11 is 0. The zero-order valence-electron chi connectivity index (χ0n) is 11.5. The van der Waals surface area contributed by atoms with Crippen LogP contribution in [0.25, 0.3) is 11.1 Å². The fraction of sp³-hybridized carbons (Fsp3) is 0.125. The van der Waals surface area contributed by atoms with Crippen LogP contribution in [0.5, 0.6) is 0 Å².